The number of hydrogen-bond donors (Lipinski definition) is 0. The van der Waals surface area contributed by atoms with Gasteiger partial charge in [0, 0.05) is 21.1 Å². The van der Waals surface area contributed by atoms with Gasteiger partial charge in [0.25, 0.3) is 5.56 Å². The molecule has 0 radical (unpaired) electrons. The van der Waals surface area contributed by atoms with E-state index in [1.54, 1.807) is 4.68 Å². The van der Waals surface area contributed by atoms with E-state index in [9.17, 15) is 4.79 Å². The highest BCUT2D eigenvalue weighted by atomic mass is 35.5. The first kappa shape index (κ1) is 14.4. The van der Waals surface area contributed by atoms with Crippen molar-refractivity contribution in [1.29, 1.82) is 0 Å². The lowest BCUT2D eigenvalue weighted by Gasteiger charge is -2.09. The van der Waals surface area contributed by atoms with Gasteiger partial charge in [0.2, 0.25) is 0 Å². The van der Waals surface area contributed by atoms with Crippen molar-refractivity contribution < 1.29 is 0 Å². The SMILES string of the molecule is Cc1c(N(C)C)c(=O)n(-c2ccccc2)n1C.Cl. The average Bonchev–Trinajstić information content (AvgIpc) is 2.51. The molecule has 1 aromatic heterocycles. The van der Waals surface area contributed by atoms with Crippen LogP contribution in [-0.4, -0.2) is 23.5 Å². The second kappa shape index (κ2) is 5.31. The first-order valence-electron chi connectivity index (χ1n) is 5.55. The smallest absolute Gasteiger partial charge is 0.295 e. The number of aromatic nitrogens is 2. The Morgan fingerprint density at radius 3 is 2.11 bits per heavy atom. The van der Waals surface area contributed by atoms with Crippen molar-refractivity contribution in [3.63, 3.8) is 0 Å². The third kappa shape index (κ3) is 2.16. The molecule has 18 heavy (non-hydrogen) atoms. The quantitative estimate of drug-likeness (QED) is 0.833. The van der Waals surface area contributed by atoms with E-state index in [0.717, 1.165) is 17.1 Å². The van der Waals surface area contributed by atoms with Crippen LogP contribution in [0.4, 0.5) is 5.69 Å². The van der Waals surface area contributed by atoms with Gasteiger partial charge in [0.15, 0.2) is 0 Å². The topological polar surface area (TPSA) is 30.2 Å². The zero-order valence-electron chi connectivity index (χ0n) is 11.0. The van der Waals surface area contributed by atoms with Crippen LogP contribution in [0.1, 0.15) is 5.69 Å². The Morgan fingerprint density at radius 1 is 1.11 bits per heavy atom. The van der Waals surface area contributed by atoms with Gasteiger partial charge >= 0.3 is 0 Å². The molecule has 0 bridgehead atoms. The highest BCUT2D eigenvalue weighted by Gasteiger charge is 2.16. The number of nitrogens with zero attached hydrogens (tertiary/aromatic N) is 3. The Bertz CT molecular complexity index is 584. The van der Waals surface area contributed by atoms with Crippen LogP contribution in [-0.2, 0) is 7.05 Å². The first-order valence-corrected chi connectivity index (χ1v) is 5.55. The first-order chi connectivity index (χ1) is 8.04. The second-order valence-corrected chi connectivity index (χ2v) is 4.30. The Balaban J connectivity index is 0.00000162. The van der Waals surface area contributed by atoms with Gasteiger partial charge in [0.05, 0.1) is 11.4 Å². The van der Waals surface area contributed by atoms with Crippen LogP contribution >= 0.6 is 12.4 Å². The van der Waals surface area contributed by atoms with Crippen LogP contribution in [0, 0.1) is 6.92 Å². The summed E-state index contributed by atoms with van der Waals surface area (Å²) in [7, 11) is 5.68. The van der Waals surface area contributed by atoms with Crippen molar-refractivity contribution in [2.24, 2.45) is 7.05 Å². The largest absolute Gasteiger partial charge is 0.372 e. The predicted molar refractivity (Wildman–Crippen MR) is 77.3 cm³/mol. The van der Waals surface area contributed by atoms with Crippen LogP contribution in [0.15, 0.2) is 35.1 Å². The number of benzene rings is 1. The molecule has 98 valence electrons. The van der Waals surface area contributed by atoms with Crippen LogP contribution < -0.4 is 10.5 Å². The van der Waals surface area contributed by atoms with Gasteiger partial charge in [-0.1, -0.05) is 18.2 Å². The summed E-state index contributed by atoms with van der Waals surface area (Å²) in [4.78, 5) is 14.2. The molecule has 0 saturated heterocycles. The van der Waals surface area contributed by atoms with Crippen LogP contribution in [0.2, 0.25) is 0 Å². The molecule has 0 fully saturated rings. The van der Waals surface area contributed by atoms with Crippen molar-refractivity contribution >= 4 is 18.1 Å². The molecule has 1 aromatic carbocycles. The zero-order chi connectivity index (χ0) is 12.6. The van der Waals surface area contributed by atoms with E-state index in [1.807, 2.05) is 68.0 Å². The number of para-hydroxylation sites is 1. The summed E-state index contributed by atoms with van der Waals surface area (Å²) in [6, 6.07) is 9.66. The number of hydrogen-bond acceptors (Lipinski definition) is 2. The van der Waals surface area contributed by atoms with Gasteiger partial charge in [-0.2, -0.15) is 0 Å². The van der Waals surface area contributed by atoms with Crippen molar-refractivity contribution in [2.75, 3.05) is 19.0 Å². The Hall–Kier alpha value is -1.68. The maximum atomic E-state index is 12.4. The average molecular weight is 268 g/mol. The molecule has 0 aliphatic rings. The van der Waals surface area contributed by atoms with Crippen molar-refractivity contribution in [1.82, 2.24) is 9.36 Å². The minimum absolute atomic E-state index is 0. The van der Waals surface area contributed by atoms with Gasteiger partial charge in [-0.25, -0.2) is 4.68 Å². The van der Waals surface area contributed by atoms with E-state index in [0.29, 0.717) is 0 Å². The summed E-state index contributed by atoms with van der Waals surface area (Å²) < 4.78 is 3.57. The van der Waals surface area contributed by atoms with Crippen molar-refractivity contribution in [3.05, 3.63) is 46.4 Å². The monoisotopic (exact) mass is 267 g/mol. The lowest BCUT2D eigenvalue weighted by molar-refractivity contribution is 0.630. The third-order valence-corrected chi connectivity index (χ3v) is 2.97. The molecule has 0 amide bonds. The molecule has 1 heterocycles. The highest BCUT2D eigenvalue weighted by molar-refractivity contribution is 5.85. The van der Waals surface area contributed by atoms with Gasteiger partial charge in [-0.05, 0) is 19.1 Å². The zero-order valence-corrected chi connectivity index (χ0v) is 11.9. The Kier molecular flexibility index (Phi) is 4.24. The van der Waals surface area contributed by atoms with E-state index >= 15 is 0 Å². The Morgan fingerprint density at radius 2 is 1.67 bits per heavy atom. The molecule has 0 N–H and O–H groups in total. The molecule has 4 nitrogen and oxygen atoms in total. The summed E-state index contributed by atoms with van der Waals surface area (Å²) in [6.07, 6.45) is 0. The lowest BCUT2D eigenvalue weighted by atomic mass is 10.3. The maximum absolute atomic E-state index is 12.4. The van der Waals surface area contributed by atoms with Crippen LogP contribution in [0.3, 0.4) is 0 Å². The Labute approximate surface area is 113 Å². The molecular weight excluding hydrogens is 250 g/mol. The van der Waals surface area contributed by atoms with E-state index in [1.165, 1.54) is 0 Å². The molecule has 2 aromatic rings. The molecule has 0 spiro atoms. The fourth-order valence-corrected chi connectivity index (χ4v) is 2.07. The summed E-state index contributed by atoms with van der Waals surface area (Å²) >= 11 is 0. The van der Waals surface area contributed by atoms with Crippen LogP contribution in [0.5, 0.6) is 0 Å². The number of anilines is 1. The standard InChI is InChI=1S/C13H17N3O.ClH/c1-10-12(14(2)3)13(17)16(15(10)4)11-8-6-5-7-9-11;/h5-9H,1-4H3;1H. The van der Waals surface area contributed by atoms with Gasteiger partial charge in [-0.15, -0.1) is 12.4 Å². The second-order valence-electron chi connectivity index (χ2n) is 4.30. The van der Waals surface area contributed by atoms with Gasteiger partial charge in [-0.3, -0.25) is 9.48 Å². The summed E-state index contributed by atoms with van der Waals surface area (Å²) in [5, 5.41) is 0. The van der Waals surface area contributed by atoms with Crippen molar-refractivity contribution in [2.45, 2.75) is 6.92 Å². The maximum Gasteiger partial charge on any atom is 0.295 e. The van der Waals surface area contributed by atoms with Gasteiger partial charge < -0.3 is 4.90 Å². The molecule has 0 saturated carbocycles. The molecule has 0 unspecified atom stereocenters. The predicted octanol–water partition coefficient (Wildman–Crippen LogP) is 1.97. The lowest BCUT2D eigenvalue weighted by Crippen LogP contribution is -2.23. The molecule has 0 aliphatic heterocycles. The van der Waals surface area contributed by atoms with E-state index in [2.05, 4.69) is 0 Å². The van der Waals surface area contributed by atoms with E-state index in [-0.39, 0.29) is 18.0 Å². The summed E-state index contributed by atoms with van der Waals surface area (Å²) in [5.74, 6) is 0. The molecule has 0 atom stereocenters. The third-order valence-electron chi connectivity index (χ3n) is 2.97. The molecule has 0 aliphatic carbocycles. The number of rotatable bonds is 2. The number of halogens is 1. The molecular formula is C13H18ClN3O. The minimum Gasteiger partial charge on any atom is -0.372 e. The minimum atomic E-state index is 0. The molecule has 5 heteroatoms. The summed E-state index contributed by atoms with van der Waals surface area (Å²) in [6.45, 7) is 1.95. The van der Waals surface area contributed by atoms with E-state index in [4.69, 9.17) is 0 Å². The molecule has 2 rings (SSSR count). The normalized spacial score (nSPS) is 10.0. The fourth-order valence-electron chi connectivity index (χ4n) is 2.07. The fraction of sp³-hybridized carbons (Fsp3) is 0.308. The van der Waals surface area contributed by atoms with Crippen molar-refractivity contribution in [3.8, 4) is 5.69 Å². The highest BCUT2D eigenvalue weighted by Crippen LogP contribution is 2.15. The van der Waals surface area contributed by atoms with Gasteiger partial charge in [0.1, 0.15) is 5.69 Å². The van der Waals surface area contributed by atoms with E-state index < -0.39 is 0 Å². The summed E-state index contributed by atoms with van der Waals surface area (Å²) in [5.41, 5.74) is 2.60. The van der Waals surface area contributed by atoms with Crippen LogP contribution in [0.25, 0.3) is 5.69 Å².